The van der Waals surface area contributed by atoms with Crippen LogP contribution in [0.3, 0.4) is 0 Å². The van der Waals surface area contributed by atoms with Gasteiger partial charge in [0.15, 0.2) is 0 Å². The van der Waals surface area contributed by atoms with Crippen molar-refractivity contribution in [2.45, 2.75) is 33.2 Å². The molecule has 4 heteroatoms. The third kappa shape index (κ3) is 2.67. The summed E-state index contributed by atoms with van der Waals surface area (Å²) < 4.78 is 0. The first-order valence-electron chi connectivity index (χ1n) is 6.15. The lowest BCUT2D eigenvalue weighted by Crippen LogP contribution is -2.10. The number of halogens is 1. The lowest BCUT2D eigenvalue weighted by Gasteiger charge is -2.19. The first kappa shape index (κ1) is 13.0. The molecule has 0 bridgehead atoms. The molecule has 0 aliphatic heterocycles. The monoisotopic (exact) mass is 263 g/mol. The number of hydrogen-bond acceptors (Lipinski definition) is 2. The molecule has 0 fully saturated rings. The van der Waals surface area contributed by atoms with Crippen LogP contribution in [0.4, 0.5) is 5.69 Å². The number of aromatic amines is 1. The van der Waals surface area contributed by atoms with Gasteiger partial charge in [-0.2, -0.15) is 5.10 Å². The molecule has 1 aromatic carbocycles. The Morgan fingerprint density at radius 1 is 1.28 bits per heavy atom. The largest absolute Gasteiger partial charge is 0.375 e. The van der Waals surface area contributed by atoms with Gasteiger partial charge in [-0.3, -0.25) is 5.10 Å². The van der Waals surface area contributed by atoms with Crippen LogP contribution in [0.1, 0.15) is 36.3 Å². The molecule has 0 saturated carbocycles. The van der Waals surface area contributed by atoms with E-state index in [2.05, 4.69) is 34.6 Å². The second-order valence-corrected chi connectivity index (χ2v) is 4.90. The Kier molecular flexibility index (Phi) is 3.92. The van der Waals surface area contributed by atoms with E-state index in [4.69, 9.17) is 11.6 Å². The second kappa shape index (κ2) is 5.44. The summed E-state index contributed by atoms with van der Waals surface area (Å²) in [5.74, 6) is 0. The molecule has 0 spiro atoms. The van der Waals surface area contributed by atoms with E-state index in [-0.39, 0.29) is 6.04 Å². The van der Waals surface area contributed by atoms with E-state index in [0.717, 1.165) is 28.5 Å². The van der Waals surface area contributed by atoms with Crippen LogP contribution in [0.5, 0.6) is 0 Å². The number of anilines is 1. The van der Waals surface area contributed by atoms with Gasteiger partial charge in [-0.15, -0.1) is 0 Å². The van der Waals surface area contributed by atoms with Gasteiger partial charge in [-0.05, 0) is 38.0 Å². The highest BCUT2D eigenvalue weighted by Gasteiger charge is 2.13. The van der Waals surface area contributed by atoms with E-state index in [0.29, 0.717) is 0 Å². The molecule has 96 valence electrons. The Balaban J connectivity index is 2.22. The molecule has 1 atom stereocenters. The van der Waals surface area contributed by atoms with Gasteiger partial charge in [0.25, 0.3) is 0 Å². The number of H-pyrrole nitrogens is 1. The lowest BCUT2D eigenvalue weighted by atomic mass is 10.0. The highest BCUT2D eigenvalue weighted by atomic mass is 35.5. The normalized spacial score (nSPS) is 12.4. The minimum absolute atomic E-state index is 0.275. The average molecular weight is 264 g/mol. The number of hydrogen-bond donors (Lipinski definition) is 2. The van der Waals surface area contributed by atoms with E-state index in [1.54, 1.807) is 0 Å². The summed E-state index contributed by atoms with van der Waals surface area (Å²) in [7, 11) is 0. The van der Waals surface area contributed by atoms with Crippen molar-refractivity contribution < 1.29 is 0 Å². The van der Waals surface area contributed by atoms with Gasteiger partial charge < -0.3 is 5.32 Å². The van der Waals surface area contributed by atoms with Gasteiger partial charge >= 0.3 is 0 Å². The summed E-state index contributed by atoms with van der Waals surface area (Å²) >= 11 is 5.92. The Morgan fingerprint density at radius 2 is 1.94 bits per heavy atom. The van der Waals surface area contributed by atoms with Crippen molar-refractivity contribution in [1.82, 2.24) is 10.2 Å². The molecule has 0 saturated heterocycles. The van der Waals surface area contributed by atoms with E-state index in [1.807, 2.05) is 26.0 Å². The summed E-state index contributed by atoms with van der Waals surface area (Å²) in [4.78, 5) is 0. The van der Waals surface area contributed by atoms with Crippen molar-refractivity contribution >= 4 is 17.3 Å². The summed E-state index contributed by atoms with van der Waals surface area (Å²) in [5, 5.41) is 11.5. The molecule has 2 rings (SSSR count). The fourth-order valence-electron chi connectivity index (χ4n) is 2.05. The van der Waals surface area contributed by atoms with Gasteiger partial charge in [0.05, 0.1) is 23.1 Å². The highest BCUT2D eigenvalue weighted by molar-refractivity contribution is 6.30. The minimum Gasteiger partial charge on any atom is -0.375 e. The summed E-state index contributed by atoms with van der Waals surface area (Å²) in [6.45, 7) is 6.19. The standard InChI is InChI=1S/C14H18ClN3/c1-4-13(11-5-7-12(15)8-6-11)16-14-9(2)17-18-10(14)3/h5-8,13,16H,4H2,1-3H3,(H,17,18). The quantitative estimate of drug-likeness (QED) is 0.866. The Bertz CT molecular complexity index is 497. The van der Waals surface area contributed by atoms with Gasteiger partial charge in [0, 0.05) is 5.02 Å². The number of rotatable bonds is 4. The SMILES string of the molecule is CCC(Nc1c(C)n[nH]c1C)c1ccc(Cl)cc1. The number of benzene rings is 1. The minimum atomic E-state index is 0.275. The van der Waals surface area contributed by atoms with Crippen LogP contribution in [0.2, 0.25) is 5.02 Å². The number of nitrogens with one attached hydrogen (secondary N) is 2. The van der Waals surface area contributed by atoms with Gasteiger partial charge in [-0.1, -0.05) is 30.7 Å². The highest BCUT2D eigenvalue weighted by Crippen LogP contribution is 2.26. The maximum absolute atomic E-state index is 5.92. The maximum atomic E-state index is 5.92. The second-order valence-electron chi connectivity index (χ2n) is 4.47. The van der Waals surface area contributed by atoms with E-state index in [9.17, 15) is 0 Å². The van der Waals surface area contributed by atoms with Gasteiger partial charge in [0.1, 0.15) is 0 Å². The molecule has 1 heterocycles. The van der Waals surface area contributed by atoms with Crippen LogP contribution >= 0.6 is 11.6 Å². The van der Waals surface area contributed by atoms with Crippen molar-refractivity contribution in [2.75, 3.05) is 5.32 Å². The van der Waals surface area contributed by atoms with Crippen molar-refractivity contribution in [3.63, 3.8) is 0 Å². The fraction of sp³-hybridized carbons (Fsp3) is 0.357. The predicted molar refractivity (Wildman–Crippen MR) is 76.2 cm³/mol. The maximum Gasteiger partial charge on any atom is 0.0825 e. The molecule has 0 aliphatic rings. The molecule has 1 aromatic heterocycles. The molecular weight excluding hydrogens is 246 g/mol. The number of aromatic nitrogens is 2. The Morgan fingerprint density at radius 3 is 2.44 bits per heavy atom. The van der Waals surface area contributed by atoms with E-state index >= 15 is 0 Å². The third-order valence-electron chi connectivity index (χ3n) is 3.13. The van der Waals surface area contributed by atoms with E-state index < -0.39 is 0 Å². The Hall–Kier alpha value is -1.48. The zero-order valence-corrected chi connectivity index (χ0v) is 11.7. The van der Waals surface area contributed by atoms with Crippen LogP contribution in [0.15, 0.2) is 24.3 Å². The summed E-state index contributed by atoms with van der Waals surface area (Å²) in [6, 6.07) is 8.26. The zero-order chi connectivity index (χ0) is 13.1. The molecule has 2 aromatic rings. The Labute approximate surface area is 113 Å². The van der Waals surface area contributed by atoms with E-state index in [1.165, 1.54) is 5.56 Å². The topological polar surface area (TPSA) is 40.7 Å². The first-order valence-corrected chi connectivity index (χ1v) is 6.53. The summed E-state index contributed by atoms with van der Waals surface area (Å²) in [5.41, 5.74) is 4.40. The molecular formula is C14H18ClN3. The molecule has 2 N–H and O–H groups in total. The molecule has 1 unspecified atom stereocenters. The zero-order valence-electron chi connectivity index (χ0n) is 10.9. The molecule has 18 heavy (non-hydrogen) atoms. The molecule has 0 aliphatic carbocycles. The van der Waals surface area contributed by atoms with Crippen LogP contribution < -0.4 is 5.32 Å². The van der Waals surface area contributed by atoms with Gasteiger partial charge in [-0.25, -0.2) is 0 Å². The van der Waals surface area contributed by atoms with Gasteiger partial charge in [0.2, 0.25) is 0 Å². The van der Waals surface area contributed by atoms with Crippen LogP contribution in [0, 0.1) is 13.8 Å². The lowest BCUT2D eigenvalue weighted by molar-refractivity contribution is 0.747. The summed E-state index contributed by atoms with van der Waals surface area (Å²) in [6.07, 6.45) is 1.01. The molecule has 0 amide bonds. The fourth-order valence-corrected chi connectivity index (χ4v) is 2.18. The first-order chi connectivity index (χ1) is 8.61. The smallest absolute Gasteiger partial charge is 0.0825 e. The van der Waals surface area contributed by atoms with Crippen LogP contribution in [-0.2, 0) is 0 Å². The third-order valence-corrected chi connectivity index (χ3v) is 3.38. The van der Waals surface area contributed by atoms with Crippen LogP contribution in [0.25, 0.3) is 0 Å². The van der Waals surface area contributed by atoms with Crippen molar-refractivity contribution in [2.24, 2.45) is 0 Å². The molecule has 3 nitrogen and oxygen atoms in total. The molecule has 0 radical (unpaired) electrons. The predicted octanol–water partition coefficient (Wildman–Crippen LogP) is 4.24. The van der Waals surface area contributed by atoms with Crippen LogP contribution in [-0.4, -0.2) is 10.2 Å². The van der Waals surface area contributed by atoms with Crippen molar-refractivity contribution in [3.05, 3.63) is 46.2 Å². The number of aryl methyl sites for hydroxylation is 2. The van der Waals surface area contributed by atoms with Crippen molar-refractivity contribution in [1.29, 1.82) is 0 Å². The average Bonchev–Trinajstić information content (AvgIpc) is 2.68. The number of nitrogens with zero attached hydrogens (tertiary/aromatic N) is 1. The van der Waals surface area contributed by atoms with Crippen molar-refractivity contribution in [3.8, 4) is 0 Å².